The van der Waals surface area contributed by atoms with E-state index in [0.29, 0.717) is 19.8 Å². The van der Waals surface area contributed by atoms with Crippen LogP contribution in [0.15, 0.2) is 109 Å². The fraction of sp³-hybridized carbons (Fsp3) is 0.452. The Labute approximate surface area is 305 Å². The number of rotatable bonds is 18. The summed E-state index contributed by atoms with van der Waals surface area (Å²) < 4.78 is 29.6. The van der Waals surface area contributed by atoms with Crippen molar-refractivity contribution in [3.63, 3.8) is 0 Å². The molecule has 51 heavy (non-hydrogen) atoms. The zero-order valence-corrected chi connectivity index (χ0v) is 32.4. The highest BCUT2D eigenvalue weighted by molar-refractivity contribution is 6.99. The Bertz CT molecular complexity index is 1540. The first-order valence-electron chi connectivity index (χ1n) is 17.7. The average molecular weight is 717 g/mol. The van der Waals surface area contributed by atoms with Crippen molar-refractivity contribution in [1.82, 2.24) is 0 Å². The van der Waals surface area contributed by atoms with E-state index in [2.05, 4.69) is 89.2 Å². The standard InChI is InChI=1S/C42H56O8Si/c1-30(27-50-51(41(4,5)6,35-15-11-9-12-16-35)36-17-13-10-14-18-36)25-31(2)38(48-28-33-19-21-34(46-7)22-20-33)26-39(44)42(29-49-42)24-23-37(43)32(3)40(45)47-8/h9-25,31-32,37-39,43-44H,26-29H2,1-8H3/b24-23+,30-25+/t31-,32-,37+,38+,39+,42?/m1/s1. The number of aliphatic hydroxyl groups is 2. The summed E-state index contributed by atoms with van der Waals surface area (Å²) in [6, 6.07) is 28.9. The van der Waals surface area contributed by atoms with E-state index in [1.54, 1.807) is 20.1 Å². The highest BCUT2D eigenvalue weighted by atomic mass is 28.4. The van der Waals surface area contributed by atoms with Crippen molar-refractivity contribution in [3.8, 4) is 5.75 Å². The fourth-order valence-electron chi connectivity index (χ4n) is 6.60. The molecular formula is C42H56O8Si. The van der Waals surface area contributed by atoms with Crippen molar-refractivity contribution >= 4 is 24.7 Å². The van der Waals surface area contributed by atoms with Crippen molar-refractivity contribution in [2.75, 3.05) is 27.4 Å². The number of epoxide rings is 1. The molecule has 6 atom stereocenters. The Hall–Kier alpha value is -3.57. The summed E-state index contributed by atoms with van der Waals surface area (Å²) in [4.78, 5) is 11.9. The summed E-state index contributed by atoms with van der Waals surface area (Å²) in [5, 5.41) is 24.4. The Morgan fingerprint density at radius 2 is 1.51 bits per heavy atom. The molecule has 9 heteroatoms. The molecule has 0 aliphatic carbocycles. The van der Waals surface area contributed by atoms with Gasteiger partial charge in [0.15, 0.2) is 0 Å². The lowest BCUT2D eigenvalue weighted by Gasteiger charge is -2.43. The molecular weight excluding hydrogens is 661 g/mol. The summed E-state index contributed by atoms with van der Waals surface area (Å²) >= 11 is 0. The summed E-state index contributed by atoms with van der Waals surface area (Å²) in [6.45, 7) is 13.7. The molecule has 3 aromatic rings. The predicted octanol–water partition coefficient (Wildman–Crippen LogP) is 5.99. The van der Waals surface area contributed by atoms with Gasteiger partial charge in [-0.3, -0.25) is 4.79 Å². The molecule has 1 saturated heterocycles. The number of aliphatic hydroxyl groups excluding tert-OH is 2. The van der Waals surface area contributed by atoms with Gasteiger partial charge < -0.3 is 33.6 Å². The van der Waals surface area contributed by atoms with Gasteiger partial charge in [0, 0.05) is 12.3 Å². The first kappa shape index (κ1) is 40.2. The van der Waals surface area contributed by atoms with Gasteiger partial charge in [0.1, 0.15) is 11.4 Å². The molecule has 2 N–H and O–H groups in total. The molecule has 1 heterocycles. The maximum Gasteiger partial charge on any atom is 0.311 e. The van der Waals surface area contributed by atoms with E-state index in [0.717, 1.165) is 16.9 Å². The molecule has 0 spiro atoms. The minimum absolute atomic E-state index is 0.0923. The largest absolute Gasteiger partial charge is 0.497 e. The Morgan fingerprint density at radius 1 is 0.941 bits per heavy atom. The second-order valence-electron chi connectivity index (χ2n) is 14.7. The number of hydrogen-bond donors (Lipinski definition) is 2. The number of hydrogen-bond acceptors (Lipinski definition) is 8. The summed E-state index contributed by atoms with van der Waals surface area (Å²) in [7, 11) is 0.190. The number of carbonyl (C=O) groups excluding carboxylic acids is 1. The van der Waals surface area contributed by atoms with Crippen LogP contribution in [0, 0.1) is 11.8 Å². The zero-order chi connectivity index (χ0) is 37.2. The lowest BCUT2D eigenvalue weighted by molar-refractivity contribution is -0.147. The monoisotopic (exact) mass is 716 g/mol. The van der Waals surface area contributed by atoms with Gasteiger partial charge in [-0.05, 0) is 53.0 Å². The van der Waals surface area contributed by atoms with Crippen molar-refractivity contribution in [2.24, 2.45) is 11.8 Å². The summed E-state index contributed by atoms with van der Waals surface area (Å²) in [5.41, 5.74) is 1.08. The molecule has 0 aromatic heterocycles. The minimum atomic E-state index is -2.73. The summed E-state index contributed by atoms with van der Waals surface area (Å²) in [5.74, 6) is -0.591. The van der Waals surface area contributed by atoms with Crippen molar-refractivity contribution in [1.29, 1.82) is 0 Å². The number of methoxy groups -OCH3 is 2. The van der Waals surface area contributed by atoms with Crippen LogP contribution in [0.3, 0.4) is 0 Å². The molecule has 4 rings (SSSR count). The van der Waals surface area contributed by atoms with E-state index in [1.807, 2.05) is 36.4 Å². The second-order valence-corrected chi connectivity index (χ2v) is 19.0. The van der Waals surface area contributed by atoms with Crippen molar-refractivity contribution in [2.45, 2.75) is 83.5 Å². The quantitative estimate of drug-likeness (QED) is 0.0717. The fourth-order valence-corrected chi connectivity index (χ4v) is 11.2. The molecule has 0 amide bonds. The van der Waals surface area contributed by atoms with Crippen LogP contribution in [-0.4, -0.2) is 75.8 Å². The molecule has 8 nitrogen and oxygen atoms in total. The highest BCUT2D eigenvalue weighted by Gasteiger charge is 2.51. The van der Waals surface area contributed by atoms with Crippen LogP contribution < -0.4 is 15.1 Å². The third-order valence-corrected chi connectivity index (χ3v) is 14.8. The normalized spacial score (nSPS) is 19.6. The lowest BCUT2D eigenvalue weighted by Crippen LogP contribution is -2.66. The van der Waals surface area contributed by atoms with Gasteiger partial charge in [0.05, 0.1) is 58.3 Å². The number of carbonyl (C=O) groups is 1. The van der Waals surface area contributed by atoms with Gasteiger partial charge in [-0.1, -0.05) is 118 Å². The van der Waals surface area contributed by atoms with Crippen LogP contribution in [0.2, 0.25) is 5.04 Å². The summed E-state index contributed by atoms with van der Waals surface area (Å²) in [6.07, 6.45) is 3.25. The second kappa shape index (κ2) is 17.8. The third-order valence-electron chi connectivity index (χ3n) is 9.85. The molecule has 1 unspecified atom stereocenters. The van der Waals surface area contributed by atoms with Gasteiger partial charge in [0.2, 0.25) is 0 Å². The van der Waals surface area contributed by atoms with E-state index in [-0.39, 0.29) is 23.5 Å². The van der Waals surface area contributed by atoms with Crippen LogP contribution in [0.4, 0.5) is 0 Å². The molecule has 276 valence electrons. The predicted molar refractivity (Wildman–Crippen MR) is 204 cm³/mol. The zero-order valence-electron chi connectivity index (χ0n) is 31.4. The number of ether oxygens (including phenoxy) is 4. The topological polar surface area (TPSA) is 107 Å². The number of esters is 1. The molecule has 1 aliphatic rings. The van der Waals surface area contributed by atoms with E-state index in [9.17, 15) is 15.0 Å². The lowest BCUT2D eigenvalue weighted by atomic mass is 9.90. The molecule has 1 aliphatic heterocycles. The van der Waals surface area contributed by atoms with Gasteiger partial charge in [0.25, 0.3) is 8.32 Å². The van der Waals surface area contributed by atoms with Crippen molar-refractivity contribution in [3.05, 3.63) is 114 Å². The van der Waals surface area contributed by atoms with E-state index >= 15 is 0 Å². The molecule has 0 bridgehead atoms. The maximum atomic E-state index is 11.9. The highest BCUT2D eigenvalue weighted by Crippen LogP contribution is 2.38. The van der Waals surface area contributed by atoms with E-state index in [1.165, 1.54) is 23.6 Å². The van der Waals surface area contributed by atoms with E-state index < -0.39 is 38.0 Å². The van der Waals surface area contributed by atoms with Gasteiger partial charge in [-0.25, -0.2) is 0 Å². The minimum Gasteiger partial charge on any atom is -0.497 e. The Kier molecular flexibility index (Phi) is 14.0. The first-order valence-corrected chi connectivity index (χ1v) is 19.6. The molecule has 3 aromatic carbocycles. The molecule has 0 saturated carbocycles. The number of benzene rings is 3. The van der Waals surface area contributed by atoms with Crippen LogP contribution >= 0.6 is 0 Å². The van der Waals surface area contributed by atoms with E-state index in [4.69, 9.17) is 23.4 Å². The van der Waals surface area contributed by atoms with Gasteiger partial charge >= 0.3 is 5.97 Å². The Morgan fingerprint density at radius 3 is 2.00 bits per heavy atom. The van der Waals surface area contributed by atoms with Crippen molar-refractivity contribution < 1.29 is 38.4 Å². The SMILES string of the molecule is COC(=O)[C@H](C)[C@@H](O)/C=C/C1([C@@H](O)C[C@H](OCc2ccc(OC)cc2)[C@H](C)/C=C(\C)CO[Si](c2ccccc2)(c2ccccc2)C(C)(C)C)CO1. The smallest absolute Gasteiger partial charge is 0.311 e. The third kappa shape index (κ3) is 10.1. The average Bonchev–Trinajstić information content (AvgIpc) is 3.93. The van der Waals surface area contributed by atoms with Crippen LogP contribution in [0.5, 0.6) is 5.75 Å². The first-order chi connectivity index (χ1) is 24.3. The maximum absolute atomic E-state index is 11.9. The van der Waals surface area contributed by atoms with Crippen LogP contribution in [0.1, 0.15) is 53.5 Å². The van der Waals surface area contributed by atoms with Gasteiger partial charge in [-0.15, -0.1) is 0 Å². The molecule has 0 radical (unpaired) electrons. The van der Waals surface area contributed by atoms with Gasteiger partial charge in [-0.2, -0.15) is 0 Å². The molecule has 1 fully saturated rings. The van der Waals surface area contributed by atoms with Crippen LogP contribution in [0.25, 0.3) is 0 Å². The Balaban J connectivity index is 1.57. The van der Waals surface area contributed by atoms with Crippen LogP contribution in [-0.2, 0) is 30.0 Å².